The molecule has 0 amide bonds. The van der Waals surface area contributed by atoms with Crippen LogP contribution in [0.15, 0.2) is 0 Å². The van der Waals surface area contributed by atoms with Crippen molar-refractivity contribution in [2.75, 3.05) is 0 Å². The fourth-order valence-electron chi connectivity index (χ4n) is 4.47. The molecule has 2 aliphatic carbocycles. The van der Waals surface area contributed by atoms with Crippen molar-refractivity contribution in [2.24, 2.45) is 22.7 Å². The second-order valence-corrected chi connectivity index (χ2v) is 7.78. The van der Waals surface area contributed by atoms with Crippen LogP contribution >= 0.6 is 0 Å². The van der Waals surface area contributed by atoms with Gasteiger partial charge in [0.2, 0.25) is 0 Å². The van der Waals surface area contributed by atoms with Crippen LogP contribution in [0.25, 0.3) is 0 Å². The van der Waals surface area contributed by atoms with E-state index in [9.17, 15) is 0 Å². The summed E-state index contributed by atoms with van der Waals surface area (Å²) in [6.45, 7) is 10.2. The van der Waals surface area contributed by atoms with Gasteiger partial charge in [-0.25, -0.2) is 0 Å². The molecule has 0 aromatic heterocycles. The molecule has 0 bridgehead atoms. The maximum atomic E-state index is 2.59. The van der Waals surface area contributed by atoms with Crippen molar-refractivity contribution in [3.63, 3.8) is 0 Å². The van der Waals surface area contributed by atoms with Gasteiger partial charge in [-0.3, -0.25) is 0 Å². The Hall–Kier alpha value is 0. The SMILES string of the molecule is CC1CCCC(C)(CC2CCCCC2)C1(C)C. The molecule has 0 spiro atoms. The monoisotopic (exact) mass is 236 g/mol. The lowest BCUT2D eigenvalue weighted by atomic mass is 9.51. The third-order valence-electron chi connectivity index (χ3n) is 6.62. The van der Waals surface area contributed by atoms with Gasteiger partial charge >= 0.3 is 0 Å². The smallest absolute Gasteiger partial charge is 0.0269 e. The van der Waals surface area contributed by atoms with Crippen molar-refractivity contribution in [1.82, 2.24) is 0 Å². The molecule has 0 saturated heterocycles. The van der Waals surface area contributed by atoms with E-state index in [2.05, 4.69) is 27.7 Å². The van der Waals surface area contributed by atoms with E-state index in [-0.39, 0.29) is 0 Å². The lowest BCUT2D eigenvalue weighted by Gasteiger charge is -2.54. The molecule has 0 radical (unpaired) electrons. The van der Waals surface area contributed by atoms with Crippen LogP contribution in [0.1, 0.15) is 85.5 Å². The molecule has 2 aliphatic rings. The minimum atomic E-state index is 0.544. The lowest BCUT2D eigenvalue weighted by Crippen LogP contribution is -2.44. The van der Waals surface area contributed by atoms with Crippen LogP contribution in [0.4, 0.5) is 0 Å². The fraction of sp³-hybridized carbons (Fsp3) is 1.00. The summed E-state index contributed by atoms with van der Waals surface area (Å²) in [7, 11) is 0. The first-order valence-electron chi connectivity index (χ1n) is 7.96. The molecule has 0 aromatic rings. The third-order valence-corrected chi connectivity index (χ3v) is 6.62. The molecule has 2 atom stereocenters. The van der Waals surface area contributed by atoms with Gasteiger partial charge in [-0.1, -0.05) is 72.6 Å². The topological polar surface area (TPSA) is 0 Å². The lowest BCUT2D eigenvalue weighted by molar-refractivity contribution is -0.0370. The van der Waals surface area contributed by atoms with Crippen LogP contribution in [0.5, 0.6) is 0 Å². The molecule has 0 aromatic carbocycles. The molecule has 17 heavy (non-hydrogen) atoms. The van der Waals surface area contributed by atoms with Crippen LogP contribution < -0.4 is 0 Å². The van der Waals surface area contributed by atoms with E-state index >= 15 is 0 Å². The highest BCUT2D eigenvalue weighted by molar-refractivity contribution is 4.97. The van der Waals surface area contributed by atoms with Crippen molar-refractivity contribution >= 4 is 0 Å². The Balaban J connectivity index is 2.05. The first-order chi connectivity index (χ1) is 7.96. The van der Waals surface area contributed by atoms with Crippen LogP contribution in [0.3, 0.4) is 0 Å². The number of hydrogen-bond acceptors (Lipinski definition) is 0. The molecule has 0 heteroatoms. The van der Waals surface area contributed by atoms with Crippen LogP contribution in [0.2, 0.25) is 0 Å². The van der Waals surface area contributed by atoms with E-state index in [1.165, 1.54) is 57.8 Å². The standard InChI is InChI=1S/C17H32/c1-14-9-8-12-17(4,16(14,2)3)13-15-10-6-5-7-11-15/h14-15H,5-13H2,1-4H3. The highest BCUT2D eigenvalue weighted by Gasteiger charge is 2.47. The normalized spacial score (nSPS) is 39.2. The maximum Gasteiger partial charge on any atom is -0.0269 e. The van der Waals surface area contributed by atoms with Gasteiger partial charge in [0.1, 0.15) is 0 Å². The van der Waals surface area contributed by atoms with Gasteiger partial charge in [0, 0.05) is 0 Å². The highest BCUT2D eigenvalue weighted by Crippen LogP contribution is 2.57. The van der Waals surface area contributed by atoms with E-state index in [0.29, 0.717) is 10.8 Å². The Morgan fingerprint density at radius 3 is 2.18 bits per heavy atom. The average Bonchev–Trinajstić information content (AvgIpc) is 2.28. The summed E-state index contributed by atoms with van der Waals surface area (Å²) in [6.07, 6.45) is 13.4. The largest absolute Gasteiger partial charge is 0.0620 e. The molecule has 2 saturated carbocycles. The first-order valence-corrected chi connectivity index (χ1v) is 7.96. The fourth-order valence-corrected chi connectivity index (χ4v) is 4.47. The van der Waals surface area contributed by atoms with Crippen molar-refractivity contribution in [3.05, 3.63) is 0 Å². The minimum absolute atomic E-state index is 0.544. The Bertz CT molecular complexity index is 247. The van der Waals surface area contributed by atoms with Crippen LogP contribution in [-0.4, -0.2) is 0 Å². The molecule has 0 heterocycles. The van der Waals surface area contributed by atoms with Crippen LogP contribution in [-0.2, 0) is 0 Å². The minimum Gasteiger partial charge on any atom is -0.0620 e. The quantitative estimate of drug-likeness (QED) is 0.567. The molecule has 0 N–H and O–H groups in total. The highest BCUT2D eigenvalue weighted by atomic mass is 14.5. The van der Waals surface area contributed by atoms with E-state index in [4.69, 9.17) is 0 Å². The summed E-state index contributed by atoms with van der Waals surface area (Å²) in [5.74, 6) is 1.95. The van der Waals surface area contributed by atoms with E-state index in [1.54, 1.807) is 0 Å². The van der Waals surface area contributed by atoms with Crippen molar-refractivity contribution in [3.8, 4) is 0 Å². The second kappa shape index (κ2) is 4.94. The molecule has 0 aliphatic heterocycles. The molecule has 2 fully saturated rings. The first kappa shape index (κ1) is 13.4. The Morgan fingerprint density at radius 2 is 1.53 bits per heavy atom. The van der Waals surface area contributed by atoms with E-state index < -0.39 is 0 Å². The maximum absolute atomic E-state index is 2.59. The van der Waals surface area contributed by atoms with Crippen molar-refractivity contribution < 1.29 is 0 Å². The molecular formula is C17H32. The van der Waals surface area contributed by atoms with Gasteiger partial charge in [0.05, 0.1) is 0 Å². The Labute approximate surface area is 109 Å². The predicted molar refractivity (Wildman–Crippen MR) is 76.1 cm³/mol. The summed E-state index contributed by atoms with van der Waals surface area (Å²) < 4.78 is 0. The summed E-state index contributed by atoms with van der Waals surface area (Å²) in [5.41, 5.74) is 1.15. The van der Waals surface area contributed by atoms with E-state index in [1.807, 2.05) is 0 Å². The zero-order chi connectivity index (χ0) is 12.5. The Kier molecular flexibility index (Phi) is 3.90. The van der Waals surface area contributed by atoms with E-state index in [0.717, 1.165) is 11.8 Å². The zero-order valence-corrected chi connectivity index (χ0v) is 12.5. The third kappa shape index (κ3) is 2.56. The molecule has 100 valence electrons. The van der Waals surface area contributed by atoms with Gasteiger partial charge in [-0.05, 0) is 35.5 Å². The van der Waals surface area contributed by atoms with Crippen molar-refractivity contribution in [2.45, 2.75) is 85.5 Å². The molecule has 2 unspecified atom stereocenters. The number of rotatable bonds is 2. The number of hydrogen-bond donors (Lipinski definition) is 0. The predicted octanol–water partition coefficient (Wildman–Crippen LogP) is 5.81. The van der Waals surface area contributed by atoms with Gasteiger partial charge in [0.15, 0.2) is 0 Å². The van der Waals surface area contributed by atoms with Crippen LogP contribution in [0, 0.1) is 22.7 Å². The summed E-state index contributed by atoms with van der Waals surface area (Å²) in [6, 6.07) is 0. The molecular weight excluding hydrogens is 204 g/mol. The summed E-state index contributed by atoms with van der Waals surface area (Å²) in [5, 5.41) is 0. The van der Waals surface area contributed by atoms with Gasteiger partial charge in [-0.15, -0.1) is 0 Å². The Morgan fingerprint density at radius 1 is 0.882 bits per heavy atom. The van der Waals surface area contributed by atoms with Gasteiger partial charge in [0.25, 0.3) is 0 Å². The summed E-state index contributed by atoms with van der Waals surface area (Å²) in [4.78, 5) is 0. The zero-order valence-electron chi connectivity index (χ0n) is 12.5. The second-order valence-electron chi connectivity index (χ2n) is 7.78. The molecule has 0 nitrogen and oxygen atoms in total. The molecule has 2 rings (SSSR count). The van der Waals surface area contributed by atoms with Crippen molar-refractivity contribution in [1.29, 1.82) is 0 Å². The van der Waals surface area contributed by atoms with Gasteiger partial charge in [-0.2, -0.15) is 0 Å². The van der Waals surface area contributed by atoms with Gasteiger partial charge < -0.3 is 0 Å². The average molecular weight is 236 g/mol. The summed E-state index contributed by atoms with van der Waals surface area (Å²) >= 11 is 0.